The van der Waals surface area contributed by atoms with E-state index in [2.05, 4.69) is 20.2 Å². The number of carbonyl (C=O) groups is 1. The second-order valence-electron chi connectivity index (χ2n) is 8.59. The Morgan fingerprint density at radius 2 is 1.86 bits per heavy atom. The SMILES string of the molecule is Cc1noc(C)c1COc1ccc(CC(=O)N2CCN(Cc3nc(-c4ccsc4)no3)CC2)cc1. The minimum atomic E-state index is 0.131. The van der Waals surface area contributed by atoms with Gasteiger partial charge in [0.1, 0.15) is 18.1 Å². The quantitative estimate of drug-likeness (QED) is 0.365. The number of thiophene rings is 1. The number of aromatic nitrogens is 3. The maximum Gasteiger partial charge on any atom is 0.241 e. The lowest BCUT2D eigenvalue weighted by Crippen LogP contribution is -2.48. The van der Waals surface area contributed by atoms with Gasteiger partial charge >= 0.3 is 0 Å². The Bertz CT molecular complexity index is 1240. The van der Waals surface area contributed by atoms with Crippen LogP contribution in [0.15, 0.2) is 50.1 Å². The summed E-state index contributed by atoms with van der Waals surface area (Å²) in [5.41, 5.74) is 3.74. The van der Waals surface area contributed by atoms with Gasteiger partial charge in [0.25, 0.3) is 0 Å². The third kappa shape index (κ3) is 5.60. The molecule has 0 aliphatic carbocycles. The van der Waals surface area contributed by atoms with E-state index in [0.717, 1.165) is 47.0 Å². The van der Waals surface area contributed by atoms with Crippen LogP contribution < -0.4 is 4.74 Å². The van der Waals surface area contributed by atoms with Crippen molar-refractivity contribution >= 4 is 17.2 Å². The van der Waals surface area contributed by atoms with Crippen molar-refractivity contribution in [3.05, 3.63) is 69.6 Å². The van der Waals surface area contributed by atoms with Gasteiger partial charge < -0.3 is 18.7 Å². The van der Waals surface area contributed by atoms with E-state index >= 15 is 0 Å². The van der Waals surface area contributed by atoms with Crippen LogP contribution in [0.25, 0.3) is 11.4 Å². The molecule has 0 saturated carbocycles. The number of aryl methyl sites for hydroxylation is 2. The Morgan fingerprint density at radius 3 is 2.54 bits per heavy atom. The number of amides is 1. The molecule has 0 N–H and O–H groups in total. The van der Waals surface area contributed by atoms with Crippen LogP contribution in [0.2, 0.25) is 0 Å². The monoisotopic (exact) mass is 493 g/mol. The fourth-order valence-corrected chi connectivity index (χ4v) is 4.66. The molecule has 1 fully saturated rings. The van der Waals surface area contributed by atoms with Crippen molar-refractivity contribution in [2.24, 2.45) is 0 Å². The molecule has 1 saturated heterocycles. The first-order valence-corrected chi connectivity index (χ1v) is 12.5. The van der Waals surface area contributed by atoms with Crippen LogP contribution in [-0.4, -0.2) is 57.2 Å². The molecule has 3 aromatic heterocycles. The lowest BCUT2D eigenvalue weighted by Gasteiger charge is -2.34. The lowest BCUT2D eigenvalue weighted by molar-refractivity contribution is -0.132. The van der Waals surface area contributed by atoms with E-state index in [9.17, 15) is 4.79 Å². The first-order valence-electron chi connectivity index (χ1n) is 11.5. The predicted octanol–water partition coefficient (Wildman–Crippen LogP) is 3.87. The standard InChI is InChI=1S/C25H27N5O4S/c1-17-22(18(2)33-27-17)15-32-21-5-3-19(4-6-21)13-24(31)30-10-8-29(9-11-30)14-23-26-25(28-34-23)20-7-12-35-16-20/h3-7,12,16H,8-11,13-15H2,1-2H3. The normalized spacial score (nSPS) is 14.4. The molecule has 10 heteroatoms. The number of nitrogens with zero attached hydrogens (tertiary/aromatic N) is 5. The smallest absolute Gasteiger partial charge is 0.241 e. The number of carbonyl (C=O) groups excluding carboxylic acids is 1. The Hall–Kier alpha value is -3.50. The summed E-state index contributed by atoms with van der Waals surface area (Å²) in [4.78, 5) is 21.5. The molecule has 0 unspecified atom stereocenters. The summed E-state index contributed by atoms with van der Waals surface area (Å²) in [5, 5.41) is 12.0. The van der Waals surface area contributed by atoms with Gasteiger partial charge in [0.2, 0.25) is 17.6 Å². The van der Waals surface area contributed by atoms with Crippen LogP contribution in [0, 0.1) is 13.8 Å². The van der Waals surface area contributed by atoms with Crippen molar-refractivity contribution in [1.82, 2.24) is 25.1 Å². The van der Waals surface area contributed by atoms with E-state index in [1.165, 1.54) is 0 Å². The minimum Gasteiger partial charge on any atom is -0.489 e. The second kappa shape index (κ2) is 10.4. The predicted molar refractivity (Wildman–Crippen MR) is 130 cm³/mol. The van der Waals surface area contributed by atoms with Crippen LogP contribution in [0.4, 0.5) is 0 Å². The number of hydrogen-bond acceptors (Lipinski definition) is 9. The van der Waals surface area contributed by atoms with Crippen molar-refractivity contribution in [3.63, 3.8) is 0 Å². The number of piperazine rings is 1. The number of benzene rings is 1. The Kier molecular flexibility index (Phi) is 6.91. The van der Waals surface area contributed by atoms with Gasteiger partial charge in [-0.25, -0.2) is 0 Å². The van der Waals surface area contributed by atoms with Gasteiger partial charge in [-0.3, -0.25) is 9.69 Å². The minimum absolute atomic E-state index is 0.131. The van der Waals surface area contributed by atoms with Crippen molar-refractivity contribution in [2.45, 2.75) is 33.4 Å². The second-order valence-corrected chi connectivity index (χ2v) is 9.37. The maximum atomic E-state index is 12.8. The van der Waals surface area contributed by atoms with Gasteiger partial charge in [0.05, 0.1) is 24.2 Å². The van der Waals surface area contributed by atoms with Crippen molar-refractivity contribution in [1.29, 1.82) is 0 Å². The zero-order valence-corrected chi connectivity index (χ0v) is 20.6. The molecule has 1 amide bonds. The molecule has 182 valence electrons. The third-order valence-electron chi connectivity index (χ3n) is 6.17. The van der Waals surface area contributed by atoms with E-state index in [-0.39, 0.29) is 5.91 Å². The van der Waals surface area contributed by atoms with Gasteiger partial charge in [-0.05, 0) is 43.0 Å². The number of rotatable bonds is 8. The summed E-state index contributed by atoms with van der Waals surface area (Å²) in [6.07, 6.45) is 0.373. The van der Waals surface area contributed by atoms with E-state index in [4.69, 9.17) is 13.8 Å². The summed E-state index contributed by atoms with van der Waals surface area (Å²) >= 11 is 1.60. The molecule has 0 atom stereocenters. The lowest BCUT2D eigenvalue weighted by atomic mass is 10.1. The molecule has 1 aliphatic heterocycles. The summed E-state index contributed by atoms with van der Waals surface area (Å²) in [6, 6.07) is 9.65. The zero-order chi connectivity index (χ0) is 24.2. The molecule has 4 heterocycles. The number of ether oxygens (including phenoxy) is 1. The van der Waals surface area contributed by atoms with Crippen LogP contribution >= 0.6 is 11.3 Å². The highest BCUT2D eigenvalue weighted by atomic mass is 32.1. The average molecular weight is 494 g/mol. The summed E-state index contributed by atoms with van der Waals surface area (Å²) < 4.78 is 16.4. The zero-order valence-electron chi connectivity index (χ0n) is 19.8. The van der Waals surface area contributed by atoms with Gasteiger partial charge in [0, 0.05) is 37.1 Å². The van der Waals surface area contributed by atoms with E-state index in [1.807, 2.05) is 59.8 Å². The Morgan fingerprint density at radius 1 is 1.06 bits per heavy atom. The Labute approximate surface area is 207 Å². The molecule has 0 radical (unpaired) electrons. The van der Waals surface area contributed by atoms with Crippen molar-refractivity contribution in [3.8, 4) is 17.1 Å². The van der Waals surface area contributed by atoms with Crippen LogP contribution in [-0.2, 0) is 24.4 Å². The highest BCUT2D eigenvalue weighted by molar-refractivity contribution is 7.08. The van der Waals surface area contributed by atoms with Crippen molar-refractivity contribution < 1.29 is 18.6 Å². The summed E-state index contributed by atoms with van der Waals surface area (Å²) in [6.45, 7) is 7.69. The van der Waals surface area contributed by atoms with Gasteiger partial charge in [-0.2, -0.15) is 16.3 Å². The molecule has 1 aliphatic rings. The largest absolute Gasteiger partial charge is 0.489 e. The van der Waals surface area contributed by atoms with Gasteiger partial charge in [-0.1, -0.05) is 22.4 Å². The molecule has 9 nitrogen and oxygen atoms in total. The van der Waals surface area contributed by atoms with Crippen molar-refractivity contribution in [2.75, 3.05) is 26.2 Å². The molecule has 4 aromatic rings. The molecule has 1 aromatic carbocycles. The molecule has 0 spiro atoms. The highest BCUT2D eigenvalue weighted by Gasteiger charge is 2.23. The first-order chi connectivity index (χ1) is 17.0. The van der Waals surface area contributed by atoms with E-state index in [0.29, 0.717) is 44.4 Å². The molecular formula is C25H27N5O4S. The Balaban J connectivity index is 1.07. The molecule has 0 bridgehead atoms. The van der Waals surface area contributed by atoms with Crippen LogP contribution in [0.5, 0.6) is 5.75 Å². The third-order valence-corrected chi connectivity index (χ3v) is 6.86. The fourth-order valence-electron chi connectivity index (χ4n) is 4.03. The van der Waals surface area contributed by atoms with Gasteiger partial charge in [0.15, 0.2) is 0 Å². The number of hydrogen-bond donors (Lipinski definition) is 0. The maximum absolute atomic E-state index is 12.8. The molecular weight excluding hydrogens is 466 g/mol. The molecule has 35 heavy (non-hydrogen) atoms. The van der Waals surface area contributed by atoms with Crippen LogP contribution in [0.3, 0.4) is 0 Å². The summed E-state index contributed by atoms with van der Waals surface area (Å²) in [7, 11) is 0. The molecule has 5 rings (SSSR count). The average Bonchev–Trinajstić information content (AvgIpc) is 3.62. The highest BCUT2D eigenvalue weighted by Crippen LogP contribution is 2.20. The fraction of sp³-hybridized carbons (Fsp3) is 0.360. The summed E-state index contributed by atoms with van der Waals surface area (Å²) in [5.74, 6) is 2.87. The van der Waals surface area contributed by atoms with Gasteiger partial charge in [-0.15, -0.1) is 0 Å². The van der Waals surface area contributed by atoms with E-state index < -0.39 is 0 Å². The topological polar surface area (TPSA) is 97.7 Å². The van der Waals surface area contributed by atoms with E-state index in [1.54, 1.807) is 11.3 Å². The van der Waals surface area contributed by atoms with Crippen LogP contribution in [0.1, 0.15) is 28.5 Å². The first kappa shape index (κ1) is 23.3.